The molecule has 0 saturated heterocycles. The van der Waals surface area contributed by atoms with E-state index in [2.05, 4.69) is 13.5 Å². The Morgan fingerprint density at radius 3 is 1.67 bits per heavy atom. The van der Waals surface area contributed by atoms with E-state index in [1.165, 1.54) is 0 Å². The third-order valence-corrected chi connectivity index (χ3v) is 0.289. The number of allylic oxidation sites excluding steroid dienone is 1. The predicted molar refractivity (Wildman–Crippen MR) is 31.0 cm³/mol. The molecule has 4 nitrogen and oxygen atoms in total. The molecule has 0 atom stereocenters. The average molecular weight is 152 g/mol. The summed E-state index contributed by atoms with van der Waals surface area (Å²) in [5.74, 6) is 0. The maximum absolute atomic E-state index is 8.52. The van der Waals surface area contributed by atoms with Crippen LogP contribution in [0.3, 0.4) is 0 Å². The zero-order valence-electron chi connectivity index (χ0n) is 5.03. The van der Waals surface area contributed by atoms with Crippen LogP contribution in [0, 0.1) is 0 Å². The largest absolute Gasteiger partial charge is 0.759 e. The summed E-state index contributed by atoms with van der Waals surface area (Å²) in [4.78, 5) is 0. The third kappa shape index (κ3) is 644. The van der Waals surface area contributed by atoms with Crippen molar-refractivity contribution in [3.05, 3.63) is 12.7 Å². The molecule has 0 aliphatic carbocycles. The Kier molecular flexibility index (Phi) is 7.28. The summed E-state index contributed by atoms with van der Waals surface area (Å²) in [6, 6.07) is 0. The maximum Gasteiger partial charge on any atom is 0.0311 e. The summed E-state index contributed by atoms with van der Waals surface area (Å²) in [6.45, 7) is 5.54. The lowest BCUT2D eigenvalue weighted by Gasteiger charge is -2.06. The lowest BCUT2D eigenvalue weighted by Crippen LogP contribution is -1.91. The van der Waals surface area contributed by atoms with Gasteiger partial charge in [0.05, 0.1) is 0 Å². The second-order valence-electron chi connectivity index (χ2n) is 1.11. The Balaban J connectivity index is 0. The fourth-order valence-corrected chi connectivity index (χ4v) is 0. The third-order valence-electron chi connectivity index (χ3n) is 0.289. The summed E-state index contributed by atoms with van der Waals surface area (Å²) in [6.07, 6.45) is 2.96. The second kappa shape index (κ2) is 5.74. The van der Waals surface area contributed by atoms with Crippen LogP contribution in [0.4, 0.5) is 0 Å². The molecule has 0 aliphatic heterocycles. The minimum atomic E-state index is -5.17. The molecule has 0 aromatic carbocycles. The van der Waals surface area contributed by atoms with Crippen molar-refractivity contribution in [2.24, 2.45) is 0 Å². The highest BCUT2D eigenvalue weighted by Gasteiger charge is 1.49. The molecule has 0 saturated carbocycles. The molecule has 0 bridgehead atoms. The van der Waals surface area contributed by atoms with Crippen LogP contribution in [-0.2, 0) is 10.4 Å². The molecule has 56 valence electrons. The van der Waals surface area contributed by atoms with Crippen molar-refractivity contribution < 1.29 is 17.5 Å². The molecule has 0 rings (SSSR count). The monoisotopic (exact) mass is 152 g/mol. The van der Waals surface area contributed by atoms with Crippen LogP contribution in [0.15, 0.2) is 12.7 Å². The summed E-state index contributed by atoms with van der Waals surface area (Å²) in [5, 5.41) is 0. The van der Waals surface area contributed by atoms with Gasteiger partial charge in [-0.2, -0.15) is 0 Å². The minimum absolute atomic E-state index is 1.08. The maximum atomic E-state index is 8.52. The fraction of sp³-hybridized carbons (Fsp3) is 0.500. The van der Waals surface area contributed by atoms with Crippen molar-refractivity contribution in [3.8, 4) is 0 Å². The molecule has 0 spiro atoms. The zero-order chi connectivity index (χ0) is 7.91. The number of hydrogen-bond donors (Lipinski definition) is 0. The summed E-state index contributed by atoms with van der Waals surface area (Å²) in [7, 11) is -5.17. The molecule has 0 amide bonds. The molecular weight excluding hydrogens is 144 g/mol. The summed E-state index contributed by atoms with van der Waals surface area (Å²) in [5.41, 5.74) is 0. The van der Waals surface area contributed by atoms with Crippen LogP contribution in [0.5, 0.6) is 0 Å². The van der Waals surface area contributed by atoms with Crippen molar-refractivity contribution in [3.63, 3.8) is 0 Å². The lowest BCUT2D eigenvalue weighted by atomic mass is 10.5. The number of hydrogen-bond acceptors (Lipinski definition) is 4. The van der Waals surface area contributed by atoms with Crippen LogP contribution >= 0.6 is 0 Å². The highest BCUT2D eigenvalue weighted by atomic mass is 32.3. The molecule has 9 heavy (non-hydrogen) atoms. The molecule has 0 aromatic rings. The smallest absolute Gasteiger partial charge is 0.0311 e. The highest BCUT2D eigenvalue weighted by molar-refractivity contribution is 7.79. The van der Waals surface area contributed by atoms with Gasteiger partial charge in [0.15, 0.2) is 0 Å². The van der Waals surface area contributed by atoms with E-state index < -0.39 is 10.4 Å². The van der Waals surface area contributed by atoms with Crippen LogP contribution in [0.2, 0.25) is 0 Å². The van der Waals surface area contributed by atoms with Gasteiger partial charge in [0.1, 0.15) is 0 Å². The van der Waals surface area contributed by atoms with Crippen molar-refractivity contribution in [2.75, 3.05) is 0 Å². The van der Waals surface area contributed by atoms with Crippen LogP contribution < -0.4 is 0 Å². The normalized spacial score (nSPS) is 9.22. The Bertz CT molecular complexity index is 138. The van der Waals surface area contributed by atoms with E-state index in [9.17, 15) is 0 Å². The van der Waals surface area contributed by atoms with Crippen LogP contribution in [0.25, 0.3) is 0 Å². The van der Waals surface area contributed by atoms with Gasteiger partial charge in [-0.25, -0.2) is 0 Å². The summed E-state index contributed by atoms with van der Waals surface area (Å²) >= 11 is 0. The first-order valence-electron chi connectivity index (χ1n) is 2.19. The summed E-state index contributed by atoms with van der Waals surface area (Å²) < 4.78 is 34.1. The van der Waals surface area contributed by atoms with Crippen molar-refractivity contribution >= 4 is 10.4 Å². The van der Waals surface area contributed by atoms with Crippen molar-refractivity contribution in [1.82, 2.24) is 0 Å². The Hall–Kier alpha value is -0.390. The molecular formula is C4H8O4S-2. The highest BCUT2D eigenvalue weighted by Crippen LogP contribution is 1.66. The van der Waals surface area contributed by atoms with E-state index >= 15 is 0 Å². The minimum Gasteiger partial charge on any atom is -0.759 e. The zero-order valence-corrected chi connectivity index (χ0v) is 5.85. The quantitative estimate of drug-likeness (QED) is 0.306. The van der Waals surface area contributed by atoms with E-state index in [-0.39, 0.29) is 0 Å². The Morgan fingerprint density at radius 2 is 1.67 bits per heavy atom. The molecule has 0 heterocycles. The van der Waals surface area contributed by atoms with E-state index in [1.54, 1.807) is 0 Å². The van der Waals surface area contributed by atoms with Gasteiger partial charge in [0.25, 0.3) is 0 Å². The van der Waals surface area contributed by atoms with Crippen LogP contribution in [-0.4, -0.2) is 17.5 Å². The topological polar surface area (TPSA) is 80.3 Å². The standard InChI is InChI=1S/C4H8.H2O4S/c1-3-4-2;1-5(2,3)4/h3H,1,4H2,2H3;(H2,1,2,3,4)/p-2. The van der Waals surface area contributed by atoms with Gasteiger partial charge in [-0.05, 0) is 6.42 Å². The average Bonchev–Trinajstić information content (AvgIpc) is 1.61. The Labute approximate surface area is 54.8 Å². The van der Waals surface area contributed by atoms with Crippen molar-refractivity contribution in [2.45, 2.75) is 13.3 Å². The molecule has 0 radical (unpaired) electrons. The fourth-order valence-electron chi connectivity index (χ4n) is 0. The van der Waals surface area contributed by atoms with E-state index in [0.29, 0.717) is 0 Å². The molecule has 0 fully saturated rings. The van der Waals surface area contributed by atoms with Gasteiger partial charge in [0, 0.05) is 10.4 Å². The SMILES string of the molecule is C=CCC.O=S(=O)([O-])[O-]. The molecule has 0 aliphatic rings. The van der Waals surface area contributed by atoms with Gasteiger partial charge in [-0.1, -0.05) is 13.0 Å². The lowest BCUT2D eigenvalue weighted by molar-refractivity contribution is 0.352. The molecule has 5 heteroatoms. The van der Waals surface area contributed by atoms with Gasteiger partial charge < -0.3 is 9.11 Å². The molecule has 0 aromatic heterocycles. The van der Waals surface area contributed by atoms with Gasteiger partial charge >= 0.3 is 0 Å². The first-order chi connectivity index (χ1) is 3.91. The first-order valence-corrected chi connectivity index (χ1v) is 3.52. The van der Waals surface area contributed by atoms with E-state index in [0.717, 1.165) is 6.42 Å². The molecule has 0 unspecified atom stereocenters. The van der Waals surface area contributed by atoms with E-state index in [1.807, 2.05) is 6.08 Å². The predicted octanol–water partition coefficient (Wildman–Crippen LogP) is 0.244. The number of rotatable bonds is 1. The van der Waals surface area contributed by atoms with Crippen LogP contribution in [0.1, 0.15) is 13.3 Å². The van der Waals surface area contributed by atoms with Gasteiger partial charge in [-0.15, -0.1) is 6.58 Å². The molecule has 0 N–H and O–H groups in total. The second-order valence-corrected chi connectivity index (χ2v) is 1.92. The van der Waals surface area contributed by atoms with Gasteiger partial charge in [0.2, 0.25) is 0 Å². The van der Waals surface area contributed by atoms with Crippen molar-refractivity contribution in [1.29, 1.82) is 0 Å². The van der Waals surface area contributed by atoms with E-state index in [4.69, 9.17) is 17.5 Å². The van der Waals surface area contributed by atoms with Gasteiger partial charge in [-0.3, -0.25) is 8.42 Å². The first kappa shape index (κ1) is 11.4. The Morgan fingerprint density at radius 1 is 1.56 bits per heavy atom.